The van der Waals surface area contributed by atoms with E-state index >= 15 is 0 Å². The predicted octanol–water partition coefficient (Wildman–Crippen LogP) is 0.884. The van der Waals surface area contributed by atoms with Crippen molar-refractivity contribution in [3.8, 4) is 0 Å². The van der Waals surface area contributed by atoms with Gasteiger partial charge in [0.25, 0.3) is 5.91 Å². The van der Waals surface area contributed by atoms with E-state index in [1.807, 2.05) is 0 Å². The normalized spacial score (nSPS) is 9.88. The molecule has 0 radical (unpaired) electrons. The van der Waals surface area contributed by atoms with Crippen molar-refractivity contribution in [1.82, 2.24) is 15.2 Å². The summed E-state index contributed by atoms with van der Waals surface area (Å²) in [7, 11) is 0. The molecular weight excluding hydrogens is 244 g/mol. The highest BCUT2D eigenvalue weighted by Gasteiger charge is 2.10. The van der Waals surface area contributed by atoms with Crippen LogP contribution in [-0.2, 0) is 0 Å². The van der Waals surface area contributed by atoms with E-state index in [0.717, 1.165) is 0 Å². The molecule has 2 heterocycles. The van der Waals surface area contributed by atoms with E-state index in [-0.39, 0.29) is 11.3 Å². The van der Waals surface area contributed by atoms with Crippen molar-refractivity contribution in [2.45, 2.75) is 0 Å². The highest BCUT2D eigenvalue weighted by Crippen LogP contribution is 2.10. The van der Waals surface area contributed by atoms with Gasteiger partial charge in [0.2, 0.25) is 5.13 Å². The number of amides is 1. The van der Waals surface area contributed by atoms with Crippen LogP contribution in [0.15, 0.2) is 23.8 Å². The lowest BCUT2D eigenvalue weighted by Crippen LogP contribution is -2.12. The Morgan fingerprint density at radius 3 is 2.71 bits per heavy atom. The molecular formula is C9H6N4O3S. The summed E-state index contributed by atoms with van der Waals surface area (Å²) in [6.07, 6.45) is 1.19. The molecule has 0 saturated heterocycles. The van der Waals surface area contributed by atoms with Gasteiger partial charge in [-0.1, -0.05) is 11.3 Å². The number of anilines is 1. The molecule has 0 aromatic carbocycles. The third kappa shape index (κ3) is 2.61. The van der Waals surface area contributed by atoms with Crippen molar-refractivity contribution >= 4 is 28.3 Å². The Morgan fingerprint density at radius 1 is 1.35 bits per heavy atom. The van der Waals surface area contributed by atoms with Crippen molar-refractivity contribution < 1.29 is 14.7 Å². The van der Waals surface area contributed by atoms with Gasteiger partial charge in [-0.05, 0) is 12.1 Å². The van der Waals surface area contributed by atoms with Gasteiger partial charge in [0.05, 0.1) is 5.56 Å². The second-order valence-electron chi connectivity index (χ2n) is 2.94. The molecule has 2 rings (SSSR count). The van der Waals surface area contributed by atoms with Crippen LogP contribution in [0.2, 0.25) is 0 Å². The number of carboxylic acid groups (broad SMARTS) is 1. The van der Waals surface area contributed by atoms with Crippen LogP contribution in [0.25, 0.3) is 0 Å². The topological polar surface area (TPSA) is 105 Å². The number of aromatic carboxylic acids is 1. The fourth-order valence-corrected chi connectivity index (χ4v) is 1.49. The Bertz CT molecular complexity index is 538. The third-order valence-electron chi connectivity index (χ3n) is 1.83. The van der Waals surface area contributed by atoms with Gasteiger partial charge in [0.1, 0.15) is 11.2 Å². The number of aromatic nitrogens is 3. The maximum Gasteiger partial charge on any atom is 0.354 e. The van der Waals surface area contributed by atoms with Crippen molar-refractivity contribution in [1.29, 1.82) is 0 Å². The minimum atomic E-state index is -1.14. The first-order chi connectivity index (χ1) is 8.16. The second-order valence-corrected chi connectivity index (χ2v) is 3.77. The predicted molar refractivity (Wildman–Crippen MR) is 59.1 cm³/mol. The van der Waals surface area contributed by atoms with Crippen molar-refractivity contribution in [3.05, 3.63) is 35.1 Å². The van der Waals surface area contributed by atoms with E-state index in [9.17, 15) is 9.59 Å². The largest absolute Gasteiger partial charge is 0.477 e. The van der Waals surface area contributed by atoms with Crippen LogP contribution in [0.1, 0.15) is 20.8 Å². The summed E-state index contributed by atoms with van der Waals surface area (Å²) in [6, 6.07) is 2.64. The van der Waals surface area contributed by atoms with Crippen LogP contribution < -0.4 is 5.32 Å². The summed E-state index contributed by atoms with van der Waals surface area (Å²) >= 11 is 1.19. The van der Waals surface area contributed by atoms with Crippen LogP contribution >= 0.6 is 11.3 Å². The number of carbonyl (C=O) groups excluding carboxylic acids is 1. The van der Waals surface area contributed by atoms with E-state index in [1.165, 1.54) is 35.2 Å². The highest BCUT2D eigenvalue weighted by atomic mass is 32.1. The molecule has 0 aliphatic carbocycles. The third-order valence-corrected chi connectivity index (χ3v) is 2.43. The average Bonchev–Trinajstić information content (AvgIpc) is 2.82. The molecule has 2 aromatic heterocycles. The SMILES string of the molecule is O=C(Nc1nncs1)c1ccc(C(=O)O)nc1. The van der Waals surface area contributed by atoms with Crippen molar-refractivity contribution in [2.24, 2.45) is 0 Å². The van der Waals surface area contributed by atoms with E-state index < -0.39 is 11.9 Å². The van der Waals surface area contributed by atoms with E-state index in [0.29, 0.717) is 5.13 Å². The van der Waals surface area contributed by atoms with Gasteiger partial charge >= 0.3 is 5.97 Å². The standard InChI is InChI=1S/C9H6N4O3S/c14-7(12-9-13-11-4-17-9)5-1-2-6(8(15)16)10-3-5/h1-4H,(H,15,16)(H,12,13,14). The summed E-state index contributed by atoms with van der Waals surface area (Å²) in [5, 5.41) is 18.7. The zero-order valence-electron chi connectivity index (χ0n) is 8.32. The first kappa shape index (κ1) is 11.1. The van der Waals surface area contributed by atoms with Crippen LogP contribution in [0.3, 0.4) is 0 Å². The lowest BCUT2D eigenvalue weighted by Gasteiger charge is -2.00. The van der Waals surface area contributed by atoms with Crippen molar-refractivity contribution in [3.63, 3.8) is 0 Å². The molecule has 0 fully saturated rings. The molecule has 0 atom stereocenters. The Labute approximate surface area is 99.2 Å². The van der Waals surface area contributed by atoms with Crippen LogP contribution in [0, 0.1) is 0 Å². The Kier molecular flexibility index (Phi) is 3.06. The molecule has 2 N–H and O–H groups in total. The Balaban J connectivity index is 2.12. The van der Waals surface area contributed by atoms with Gasteiger partial charge in [-0.3, -0.25) is 10.1 Å². The molecule has 7 nitrogen and oxygen atoms in total. The van der Waals surface area contributed by atoms with Crippen LogP contribution in [0.4, 0.5) is 5.13 Å². The Morgan fingerprint density at radius 2 is 2.18 bits per heavy atom. The van der Waals surface area contributed by atoms with Crippen LogP contribution in [0.5, 0.6) is 0 Å². The smallest absolute Gasteiger partial charge is 0.354 e. The summed E-state index contributed by atoms with van der Waals surface area (Å²) in [4.78, 5) is 25.8. The molecule has 0 bridgehead atoms. The minimum Gasteiger partial charge on any atom is -0.477 e. The summed E-state index contributed by atoms with van der Waals surface area (Å²) in [6.45, 7) is 0. The molecule has 0 unspecified atom stereocenters. The summed E-state index contributed by atoms with van der Waals surface area (Å²) in [5.41, 5.74) is 1.63. The molecule has 0 aliphatic heterocycles. The van der Waals surface area contributed by atoms with Gasteiger partial charge in [-0.2, -0.15) is 0 Å². The summed E-state index contributed by atoms with van der Waals surface area (Å²) < 4.78 is 0. The molecule has 0 spiro atoms. The van der Waals surface area contributed by atoms with Gasteiger partial charge in [-0.25, -0.2) is 9.78 Å². The molecule has 1 amide bonds. The van der Waals surface area contributed by atoms with Gasteiger partial charge in [-0.15, -0.1) is 10.2 Å². The number of carbonyl (C=O) groups is 2. The average molecular weight is 250 g/mol. The highest BCUT2D eigenvalue weighted by molar-refractivity contribution is 7.13. The monoisotopic (exact) mass is 250 g/mol. The van der Waals surface area contributed by atoms with Crippen molar-refractivity contribution in [2.75, 3.05) is 5.32 Å². The van der Waals surface area contributed by atoms with Gasteiger partial charge in [0, 0.05) is 6.20 Å². The zero-order valence-corrected chi connectivity index (χ0v) is 9.14. The van der Waals surface area contributed by atoms with Crippen LogP contribution in [-0.4, -0.2) is 32.2 Å². The summed E-state index contributed by atoms with van der Waals surface area (Å²) in [5.74, 6) is -1.55. The fourth-order valence-electron chi connectivity index (χ4n) is 1.05. The number of pyridine rings is 1. The quantitative estimate of drug-likeness (QED) is 0.837. The van der Waals surface area contributed by atoms with E-state index in [1.54, 1.807) is 0 Å². The second kappa shape index (κ2) is 4.66. The fraction of sp³-hybridized carbons (Fsp3) is 0. The molecule has 0 aliphatic rings. The number of carboxylic acids is 1. The van der Waals surface area contributed by atoms with Gasteiger partial charge < -0.3 is 5.11 Å². The number of hydrogen-bond acceptors (Lipinski definition) is 6. The lowest BCUT2D eigenvalue weighted by molar-refractivity contribution is 0.0690. The Hall–Kier alpha value is -2.35. The first-order valence-electron chi connectivity index (χ1n) is 4.43. The van der Waals surface area contributed by atoms with E-state index in [2.05, 4.69) is 20.5 Å². The number of nitrogens with zero attached hydrogens (tertiary/aromatic N) is 3. The van der Waals surface area contributed by atoms with Gasteiger partial charge in [0.15, 0.2) is 0 Å². The number of nitrogens with one attached hydrogen (secondary N) is 1. The minimum absolute atomic E-state index is 0.113. The molecule has 2 aromatic rings. The molecule has 86 valence electrons. The molecule has 17 heavy (non-hydrogen) atoms. The first-order valence-corrected chi connectivity index (χ1v) is 5.31. The number of hydrogen-bond donors (Lipinski definition) is 2. The lowest BCUT2D eigenvalue weighted by atomic mass is 10.2. The maximum atomic E-state index is 11.6. The number of rotatable bonds is 3. The molecule has 8 heteroatoms. The van der Waals surface area contributed by atoms with E-state index in [4.69, 9.17) is 5.11 Å². The molecule has 0 saturated carbocycles. The maximum absolute atomic E-state index is 11.6. The zero-order chi connectivity index (χ0) is 12.3.